The molecule has 0 aromatic rings. The van der Waals surface area contributed by atoms with E-state index in [1.165, 1.54) is 0 Å². The van der Waals surface area contributed by atoms with Gasteiger partial charge in [-0.1, -0.05) is 49.8 Å². The predicted molar refractivity (Wildman–Crippen MR) is 71.4 cm³/mol. The van der Waals surface area contributed by atoms with Crippen LogP contribution in [-0.4, -0.2) is 15.5 Å². The molecule has 0 heterocycles. The zero-order valence-electron chi connectivity index (χ0n) is 9.88. The number of carbonyl (C=O) groups is 2. The van der Waals surface area contributed by atoms with E-state index < -0.39 is 0 Å². The predicted octanol–water partition coefficient (Wildman–Crippen LogP) is 3.55. The summed E-state index contributed by atoms with van der Waals surface area (Å²) in [6, 6.07) is 0. The van der Waals surface area contributed by atoms with Gasteiger partial charge < -0.3 is 0 Å². The molecule has 0 N–H and O–H groups in total. The van der Waals surface area contributed by atoms with Gasteiger partial charge in [0.1, 0.15) is 11.6 Å². The van der Waals surface area contributed by atoms with Crippen LogP contribution >= 0.6 is 22.6 Å². The number of ketones is 2. The van der Waals surface area contributed by atoms with Crippen LogP contribution in [0.4, 0.5) is 0 Å². The zero-order chi connectivity index (χ0) is 11.8. The lowest BCUT2D eigenvalue weighted by molar-refractivity contribution is -0.126. The minimum atomic E-state index is 0.0948. The van der Waals surface area contributed by atoms with Crippen LogP contribution in [0.25, 0.3) is 0 Å². The fourth-order valence-corrected chi connectivity index (χ4v) is 2.23. The molecule has 0 aromatic heterocycles. The average Bonchev–Trinajstić information content (AvgIpc) is 2.24. The second kappa shape index (κ2) is 8.25. The summed E-state index contributed by atoms with van der Waals surface area (Å²) in [6.07, 6.45) is 3.68. The van der Waals surface area contributed by atoms with Crippen molar-refractivity contribution in [1.82, 2.24) is 0 Å². The smallest absolute Gasteiger partial charge is 0.146 e. The van der Waals surface area contributed by atoms with Gasteiger partial charge in [0.2, 0.25) is 0 Å². The van der Waals surface area contributed by atoms with Crippen molar-refractivity contribution in [2.24, 2.45) is 5.92 Å². The van der Waals surface area contributed by atoms with Crippen molar-refractivity contribution in [2.45, 2.75) is 56.8 Å². The molecular formula is C12H21IO2. The molecule has 0 spiro atoms. The summed E-state index contributed by atoms with van der Waals surface area (Å²) in [5.41, 5.74) is 0. The molecule has 15 heavy (non-hydrogen) atoms. The van der Waals surface area contributed by atoms with Crippen molar-refractivity contribution < 1.29 is 9.59 Å². The Kier molecular flexibility index (Phi) is 8.29. The summed E-state index contributed by atoms with van der Waals surface area (Å²) >= 11 is 2.18. The van der Waals surface area contributed by atoms with Crippen LogP contribution in [0.1, 0.15) is 52.9 Å². The first kappa shape index (κ1) is 15.1. The fourth-order valence-electron chi connectivity index (χ4n) is 1.29. The maximum absolute atomic E-state index is 11.6. The third-order valence-electron chi connectivity index (χ3n) is 2.67. The Balaban J connectivity index is 3.85. The van der Waals surface area contributed by atoms with E-state index in [0.29, 0.717) is 12.8 Å². The largest absolute Gasteiger partial charge is 0.299 e. The van der Waals surface area contributed by atoms with Gasteiger partial charge in [-0.15, -0.1) is 0 Å². The molecule has 2 unspecified atom stereocenters. The third kappa shape index (κ3) is 6.28. The van der Waals surface area contributed by atoms with E-state index in [9.17, 15) is 9.59 Å². The third-order valence-corrected chi connectivity index (χ3v) is 3.99. The van der Waals surface area contributed by atoms with Gasteiger partial charge in [0.05, 0.1) is 3.92 Å². The molecule has 2 atom stereocenters. The van der Waals surface area contributed by atoms with Crippen LogP contribution in [0.15, 0.2) is 0 Å². The lowest BCUT2D eigenvalue weighted by atomic mass is 9.98. The molecule has 0 aliphatic carbocycles. The first-order chi connectivity index (χ1) is 7.02. The van der Waals surface area contributed by atoms with Crippen molar-refractivity contribution in [1.29, 1.82) is 0 Å². The SMILES string of the molecule is CCCC(I)C(=O)CCC(=O)C(C)CC. The number of Topliss-reactive ketones (excluding diaryl/α,β-unsaturated/α-hetero) is 2. The van der Waals surface area contributed by atoms with Gasteiger partial charge in [0.15, 0.2) is 0 Å². The molecule has 0 aliphatic rings. The molecule has 0 saturated heterocycles. The van der Waals surface area contributed by atoms with Gasteiger partial charge in [-0.3, -0.25) is 9.59 Å². The molecule has 0 aliphatic heterocycles. The number of carbonyl (C=O) groups excluding carboxylic acids is 2. The van der Waals surface area contributed by atoms with Crippen LogP contribution in [0.3, 0.4) is 0 Å². The minimum absolute atomic E-state index is 0.0948. The summed E-state index contributed by atoms with van der Waals surface area (Å²) in [6.45, 7) is 6.01. The summed E-state index contributed by atoms with van der Waals surface area (Å²) in [4.78, 5) is 23.1. The maximum atomic E-state index is 11.6. The van der Waals surface area contributed by atoms with Crippen LogP contribution in [0, 0.1) is 5.92 Å². The number of halogens is 1. The molecule has 0 aromatic carbocycles. The molecule has 2 nitrogen and oxygen atoms in total. The van der Waals surface area contributed by atoms with Crippen molar-refractivity contribution in [3.8, 4) is 0 Å². The minimum Gasteiger partial charge on any atom is -0.299 e. The number of alkyl halides is 1. The quantitative estimate of drug-likeness (QED) is 0.505. The summed E-state index contributed by atoms with van der Waals surface area (Å²) in [7, 11) is 0. The normalized spacial score (nSPS) is 14.7. The van der Waals surface area contributed by atoms with E-state index in [1.54, 1.807) is 0 Å². The Bertz CT molecular complexity index is 214. The molecule has 88 valence electrons. The summed E-state index contributed by atoms with van der Waals surface area (Å²) < 4.78 is 0.0948. The van der Waals surface area contributed by atoms with Crippen LogP contribution in [0.2, 0.25) is 0 Å². The number of rotatable bonds is 8. The molecular weight excluding hydrogens is 303 g/mol. The van der Waals surface area contributed by atoms with E-state index in [1.807, 2.05) is 13.8 Å². The highest BCUT2D eigenvalue weighted by atomic mass is 127. The van der Waals surface area contributed by atoms with E-state index in [-0.39, 0.29) is 21.4 Å². The number of hydrogen-bond donors (Lipinski definition) is 0. The Morgan fingerprint density at radius 1 is 1.13 bits per heavy atom. The Morgan fingerprint density at radius 3 is 2.13 bits per heavy atom. The summed E-state index contributed by atoms with van der Waals surface area (Å²) in [5.74, 6) is 0.566. The van der Waals surface area contributed by atoms with Crippen LogP contribution in [-0.2, 0) is 9.59 Å². The van der Waals surface area contributed by atoms with Gasteiger partial charge in [-0.25, -0.2) is 0 Å². The van der Waals surface area contributed by atoms with Gasteiger partial charge in [-0.2, -0.15) is 0 Å². The molecule has 0 amide bonds. The van der Waals surface area contributed by atoms with Crippen molar-refractivity contribution in [3.05, 3.63) is 0 Å². The van der Waals surface area contributed by atoms with Gasteiger partial charge in [0.25, 0.3) is 0 Å². The first-order valence-electron chi connectivity index (χ1n) is 5.72. The highest BCUT2D eigenvalue weighted by Crippen LogP contribution is 2.14. The van der Waals surface area contributed by atoms with Gasteiger partial charge in [-0.05, 0) is 12.8 Å². The Morgan fingerprint density at radius 2 is 1.67 bits per heavy atom. The van der Waals surface area contributed by atoms with Crippen molar-refractivity contribution in [3.63, 3.8) is 0 Å². The maximum Gasteiger partial charge on any atom is 0.146 e. The Labute approximate surface area is 106 Å². The van der Waals surface area contributed by atoms with Crippen molar-refractivity contribution in [2.75, 3.05) is 0 Å². The fraction of sp³-hybridized carbons (Fsp3) is 0.833. The number of hydrogen-bond acceptors (Lipinski definition) is 2. The second-order valence-electron chi connectivity index (χ2n) is 4.00. The zero-order valence-corrected chi connectivity index (χ0v) is 12.0. The monoisotopic (exact) mass is 324 g/mol. The van der Waals surface area contributed by atoms with Gasteiger partial charge >= 0.3 is 0 Å². The molecule has 3 heteroatoms. The van der Waals surface area contributed by atoms with Crippen LogP contribution in [0.5, 0.6) is 0 Å². The second-order valence-corrected chi connectivity index (χ2v) is 5.50. The lowest BCUT2D eigenvalue weighted by Crippen LogP contribution is -2.17. The van der Waals surface area contributed by atoms with Crippen LogP contribution < -0.4 is 0 Å². The van der Waals surface area contributed by atoms with E-state index in [4.69, 9.17) is 0 Å². The molecule has 0 rings (SSSR count). The standard InChI is InChI=1S/C12H21IO2/c1-4-6-10(13)12(15)8-7-11(14)9(3)5-2/h9-10H,4-8H2,1-3H3. The van der Waals surface area contributed by atoms with E-state index in [2.05, 4.69) is 29.5 Å². The lowest BCUT2D eigenvalue weighted by Gasteiger charge is -2.09. The van der Waals surface area contributed by atoms with E-state index >= 15 is 0 Å². The Hall–Kier alpha value is 0.0700. The van der Waals surface area contributed by atoms with Crippen molar-refractivity contribution >= 4 is 34.2 Å². The summed E-state index contributed by atoms with van der Waals surface area (Å²) in [5, 5.41) is 0. The van der Waals surface area contributed by atoms with E-state index in [0.717, 1.165) is 19.3 Å². The molecule has 0 saturated carbocycles. The first-order valence-corrected chi connectivity index (χ1v) is 6.96. The molecule has 0 bridgehead atoms. The average molecular weight is 324 g/mol. The molecule has 0 radical (unpaired) electrons. The van der Waals surface area contributed by atoms with Gasteiger partial charge in [0, 0.05) is 18.8 Å². The topological polar surface area (TPSA) is 34.1 Å². The highest BCUT2D eigenvalue weighted by molar-refractivity contribution is 14.1. The molecule has 0 fully saturated rings. The highest BCUT2D eigenvalue weighted by Gasteiger charge is 2.17.